The molecule has 5 nitrogen and oxygen atoms in total. The van der Waals surface area contributed by atoms with Crippen molar-refractivity contribution in [1.29, 1.82) is 0 Å². The van der Waals surface area contributed by atoms with E-state index in [1.807, 2.05) is 59.4 Å². The Balaban J connectivity index is 1.81. The van der Waals surface area contributed by atoms with Crippen LogP contribution in [-0.4, -0.2) is 28.3 Å². The molecule has 26 heavy (non-hydrogen) atoms. The molecule has 0 bridgehead atoms. The lowest BCUT2D eigenvalue weighted by Gasteiger charge is -2.13. The molecule has 0 spiro atoms. The number of nitrogens with zero attached hydrogens (tertiary/aromatic N) is 2. The third-order valence-electron chi connectivity index (χ3n) is 4.17. The van der Waals surface area contributed by atoms with Crippen molar-refractivity contribution in [2.45, 2.75) is 25.8 Å². The number of hydrogen-bond donors (Lipinski definition) is 2. The normalized spacial score (nSPS) is 11.0. The molecular weight excluding hydrogens is 344 g/mol. The van der Waals surface area contributed by atoms with Gasteiger partial charge in [0, 0.05) is 12.2 Å². The number of benzene rings is 2. The van der Waals surface area contributed by atoms with E-state index in [-0.39, 0.29) is 12.5 Å². The molecule has 2 aromatic carbocycles. The third-order valence-corrected chi connectivity index (χ3v) is 4.71. The molecule has 0 aliphatic carbocycles. The van der Waals surface area contributed by atoms with Gasteiger partial charge < -0.3 is 15.2 Å². The maximum Gasteiger partial charge on any atom is 0.244 e. The number of nitrogens with one attached hydrogen (secondary N) is 2. The van der Waals surface area contributed by atoms with Gasteiger partial charge in [-0.1, -0.05) is 37.3 Å². The number of imidazole rings is 1. The van der Waals surface area contributed by atoms with E-state index in [2.05, 4.69) is 22.5 Å². The highest BCUT2D eigenvalue weighted by Crippen LogP contribution is 2.20. The van der Waals surface area contributed by atoms with Crippen molar-refractivity contribution in [3.63, 3.8) is 0 Å². The number of carbonyl (C=O) groups excluding carboxylic acids is 1. The van der Waals surface area contributed by atoms with E-state index < -0.39 is 0 Å². The average Bonchev–Trinajstić information content (AvgIpc) is 2.99. The van der Waals surface area contributed by atoms with Crippen molar-refractivity contribution in [3.05, 3.63) is 59.9 Å². The molecule has 0 atom stereocenters. The summed E-state index contributed by atoms with van der Waals surface area (Å²) in [6.07, 6.45) is 2.04. The molecule has 1 heterocycles. The minimum Gasteiger partial charge on any atom is -0.324 e. The second kappa shape index (κ2) is 8.87. The molecule has 3 rings (SSSR count). The molecule has 2 N–H and O–H groups in total. The van der Waals surface area contributed by atoms with Gasteiger partial charge in [-0.05, 0) is 36.6 Å². The fourth-order valence-corrected chi connectivity index (χ4v) is 3.41. The molecule has 0 aliphatic rings. The number of fused-ring (bicyclic) bond motifs is 1. The van der Waals surface area contributed by atoms with Gasteiger partial charge in [0.25, 0.3) is 0 Å². The maximum absolute atomic E-state index is 12.7. The van der Waals surface area contributed by atoms with Gasteiger partial charge in [-0.3, -0.25) is 4.79 Å². The molecular formula is C20H24N4OS. The first-order valence-corrected chi connectivity index (χ1v) is 10.1. The minimum atomic E-state index is -0.0422. The van der Waals surface area contributed by atoms with Crippen molar-refractivity contribution in [2.75, 3.05) is 18.1 Å². The highest BCUT2D eigenvalue weighted by atomic mass is 32.2. The lowest BCUT2D eigenvalue weighted by atomic mass is 10.1. The van der Waals surface area contributed by atoms with E-state index in [1.54, 1.807) is 11.8 Å². The molecule has 136 valence electrons. The smallest absolute Gasteiger partial charge is 0.244 e. The summed E-state index contributed by atoms with van der Waals surface area (Å²) in [6, 6.07) is 15.9. The molecule has 0 radical (unpaired) electrons. The van der Waals surface area contributed by atoms with Crippen LogP contribution in [0.1, 0.15) is 18.3 Å². The number of rotatable bonds is 8. The molecule has 6 heteroatoms. The van der Waals surface area contributed by atoms with Crippen LogP contribution in [0.25, 0.3) is 11.0 Å². The topological polar surface area (TPSA) is 58.9 Å². The largest absolute Gasteiger partial charge is 0.324 e. The summed E-state index contributed by atoms with van der Waals surface area (Å²) >= 11 is 1.70. The lowest BCUT2D eigenvalue weighted by Crippen LogP contribution is -2.21. The molecule has 0 aliphatic heterocycles. The predicted octanol–water partition coefficient (Wildman–Crippen LogP) is 3.65. The Morgan fingerprint density at radius 1 is 1.15 bits per heavy atom. The third kappa shape index (κ3) is 4.26. The molecule has 0 saturated heterocycles. The number of anilines is 1. The predicted molar refractivity (Wildman–Crippen MR) is 109 cm³/mol. The van der Waals surface area contributed by atoms with Crippen molar-refractivity contribution in [3.8, 4) is 0 Å². The van der Waals surface area contributed by atoms with E-state index in [0.29, 0.717) is 0 Å². The monoisotopic (exact) mass is 368 g/mol. The highest BCUT2D eigenvalue weighted by molar-refractivity contribution is 7.97. The Morgan fingerprint density at radius 3 is 2.73 bits per heavy atom. The zero-order chi connectivity index (χ0) is 18.4. The molecule has 1 amide bonds. The molecule has 3 aromatic rings. The molecule has 0 saturated carbocycles. The van der Waals surface area contributed by atoms with Gasteiger partial charge in [0.15, 0.2) is 0 Å². The van der Waals surface area contributed by atoms with Crippen LogP contribution >= 0.6 is 11.8 Å². The summed E-state index contributed by atoms with van der Waals surface area (Å²) < 4.78 is 2.01. The quantitative estimate of drug-likeness (QED) is 0.637. The fourth-order valence-electron chi connectivity index (χ4n) is 2.93. The van der Waals surface area contributed by atoms with E-state index >= 15 is 0 Å². The van der Waals surface area contributed by atoms with E-state index in [4.69, 9.17) is 0 Å². The summed E-state index contributed by atoms with van der Waals surface area (Å²) in [6.45, 7) is 3.95. The number of hydrogen-bond acceptors (Lipinski definition) is 4. The molecule has 0 unspecified atom stereocenters. The van der Waals surface area contributed by atoms with Crippen LogP contribution in [0.3, 0.4) is 0 Å². The molecule has 0 fully saturated rings. The number of aromatic nitrogens is 2. The Labute approximate surface area is 158 Å². The average molecular weight is 369 g/mol. The summed E-state index contributed by atoms with van der Waals surface area (Å²) in [5, 5.41) is 6.36. The van der Waals surface area contributed by atoms with Crippen LogP contribution in [0.4, 0.5) is 5.69 Å². The van der Waals surface area contributed by atoms with Crippen LogP contribution in [0.5, 0.6) is 0 Å². The Hall–Kier alpha value is -2.31. The molecule has 1 aromatic heterocycles. The second-order valence-electron chi connectivity index (χ2n) is 6.02. The van der Waals surface area contributed by atoms with E-state index in [1.165, 1.54) is 0 Å². The number of thioether (sulfide) groups is 1. The lowest BCUT2D eigenvalue weighted by molar-refractivity contribution is -0.116. The van der Waals surface area contributed by atoms with Crippen molar-refractivity contribution < 1.29 is 4.79 Å². The van der Waals surface area contributed by atoms with Crippen LogP contribution in [-0.2, 0) is 23.6 Å². The Bertz CT molecular complexity index is 890. The summed E-state index contributed by atoms with van der Waals surface area (Å²) in [7, 11) is 0. The van der Waals surface area contributed by atoms with Gasteiger partial charge in [0.2, 0.25) is 5.91 Å². The first kappa shape index (κ1) is 18.5. The fraction of sp³-hybridized carbons (Fsp3) is 0.300. The van der Waals surface area contributed by atoms with Crippen LogP contribution in [0.15, 0.2) is 48.5 Å². The SMILES string of the molecule is CCNCc1ccccc1NC(=O)Cn1c(CSC)nc2ccccc21. The van der Waals surface area contributed by atoms with Crippen molar-refractivity contribution in [2.24, 2.45) is 0 Å². The van der Waals surface area contributed by atoms with Crippen molar-refractivity contribution in [1.82, 2.24) is 14.9 Å². The zero-order valence-electron chi connectivity index (χ0n) is 15.2. The first-order valence-electron chi connectivity index (χ1n) is 8.74. The summed E-state index contributed by atoms with van der Waals surface area (Å²) in [5.41, 5.74) is 3.86. The maximum atomic E-state index is 12.7. The highest BCUT2D eigenvalue weighted by Gasteiger charge is 2.14. The van der Waals surface area contributed by atoms with Gasteiger partial charge >= 0.3 is 0 Å². The van der Waals surface area contributed by atoms with Crippen LogP contribution < -0.4 is 10.6 Å². The van der Waals surface area contributed by atoms with Gasteiger partial charge in [0.05, 0.1) is 16.8 Å². The number of carbonyl (C=O) groups is 1. The zero-order valence-corrected chi connectivity index (χ0v) is 16.0. The van der Waals surface area contributed by atoms with Gasteiger partial charge in [0.1, 0.15) is 12.4 Å². The van der Waals surface area contributed by atoms with Gasteiger partial charge in [-0.15, -0.1) is 0 Å². The minimum absolute atomic E-state index is 0.0422. The summed E-state index contributed by atoms with van der Waals surface area (Å²) in [5.74, 6) is 1.66. The number of amides is 1. The summed E-state index contributed by atoms with van der Waals surface area (Å²) in [4.78, 5) is 17.4. The Kier molecular flexibility index (Phi) is 6.30. The Morgan fingerprint density at radius 2 is 1.92 bits per heavy atom. The van der Waals surface area contributed by atoms with E-state index in [0.717, 1.165) is 47.0 Å². The van der Waals surface area contributed by atoms with Crippen LogP contribution in [0, 0.1) is 0 Å². The van der Waals surface area contributed by atoms with E-state index in [9.17, 15) is 4.79 Å². The van der Waals surface area contributed by atoms with Crippen LogP contribution in [0.2, 0.25) is 0 Å². The van der Waals surface area contributed by atoms with Gasteiger partial charge in [-0.2, -0.15) is 11.8 Å². The number of para-hydroxylation sites is 3. The van der Waals surface area contributed by atoms with Crippen molar-refractivity contribution >= 4 is 34.4 Å². The van der Waals surface area contributed by atoms with Gasteiger partial charge in [-0.25, -0.2) is 4.98 Å². The standard InChI is InChI=1S/C20H24N4OS/c1-3-21-12-15-8-4-5-9-16(15)23-20(25)13-24-18-11-7-6-10-17(18)22-19(24)14-26-2/h4-11,21H,3,12-14H2,1-2H3,(H,23,25). The second-order valence-corrected chi connectivity index (χ2v) is 6.89. The first-order chi connectivity index (χ1) is 12.7.